The Morgan fingerprint density at radius 2 is 2.08 bits per heavy atom. The Bertz CT molecular complexity index is 141. The van der Waals surface area contributed by atoms with Crippen molar-refractivity contribution < 1.29 is 4.74 Å². The summed E-state index contributed by atoms with van der Waals surface area (Å²) in [5.41, 5.74) is -0.0800. The summed E-state index contributed by atoms with van der Waals surface area (Å²) in [5.74, 6) is 0.902. The van der Waals surface area contributed by atoms with Gasteiger partial charge in [-0.05, 0) is 12.3 Å². The van der Waals surface area contributed by atoms with Gasteiger partial charge in [0.2, 0.25) is 0 Å². The van der Waals surface area contributed by atoms with Gasteiger partial charge in [-0.2, -0.15) is 0 Å². The first kappa shape index (κ1) is 11.1. The zero-order valence-corrected chi connectivity index (χ0v) is 9.14. The summed E-state index contributed by atoms with van der Waals surface area (Å²) >= 11 is 4.19. The lowest BCUT2D eigenvalue weighted by Crippen LogP contribution is -2.11. The molecule has 0 aliphatic heterocycles. The van der Waals surface area contributed by atoms with Gasteiger partial charge >= 0.3 is 0 Å². The smallest absolute Gasteiger partial charge is 0.118 e. The molecule has 0 amide bonds. The summed E-state index contributed by atoms with van der Waals surface area (Å²) in [6.07, 6.45) is 9.98. The monoisotopic (exact) mass is 200 g/mol. The predicted molar refractivity (Wildman–Crippen MR) is 60.1 cm³/mol. The van der Waals surface area contributed by atoms with Crippen LogP contribution in [0.15, 0.2) is 12.7 Å². The Labute approximate surface area is 87.0 Å². The third kappa shape index (κ3) is 4.72. The maximum atomic E-state index is 5.44. The molecule has 1 fully saturated rings. The van der Waals surface area contributed by atoms with Gasteiger partial charge in [-0.25, -0.2) is 0 Å². The molecule has 1 rings (SSSR count). The molecule has 13 heavy (non-hydrogen) atoms. The third-order valence-electron chi connectivity index (χ3n) is 2.74. The van der Waals surface area contributed by atoms with Crippen LogP contribution in [0.5, 0.6) is 0 Å². The SMILES string of the molecule is C=CC(S)OCCC1CCCCC1. The second-order valence-corrected chi connectivity index (χ2v) is 4.30. The summed E-state index contributed by atoms with van der Waals surface area (Å²) < 4.78 is 5.44. The van der Waals surface area contributed by atoms with E-state index in [1.54, 1.807) is 6.08 Å². The Kier molecular flexibility index (Phi) is 5.56. The van der Waals surface area contributed by atoms with Crippen molar-refractivity contribution in [1.82, 2.24) is 0 Å². The van der Waals surface area contributed by atoms with Gasteiger partial charge in [0.15, 0.2) is 0 Å². The van der Waals surface area contributed by atoms with Crippen LogP contribution in [0, 0.1) is 5.92 Å². The summed E-state index contributed by atoms with van der Waals surface area (Å²) in [6, 6.07) is 0. The van der Waals surface area contributed by atoms with Crippen molar-refractivity contribution in [1.29, 1.82) is 0 Å². The van der Waals surface area contributed by atoms with Crippen LogP contribution in [0.2, 0.25) is 0 Å². The Hall–Kier alpha value is 0.0500. The molecule has 0 aromatic heterocycles. The normalized spacial score (nSPS) is 21.3. The summed E-state index contributed by atoms with van der Waals surface area (Å²) in [4.78, 5) is 0. The van der Waals surface area contributed by atoms with Crippen LogP contribution in [0.4, 0.5) is 0 Å². The number of hydrogen-bond donors (Lipinski definition) is 1. The zero-order valence-electron chi connectivity index (χ0n) is 8.24. The lowest BCUT2D eigenvalue weighted by molar-refractivity contribution is 0.120. The average molecular weight is 200 g/mol. The van der Waals surface area contributed by atoms with E-state index in [1.807, 2.05) is 0 Å². The van der Waals surface area contributed by atoms with Crippen LogP contribution in [0.3, 0.4) is 0 Å². The highest BCUT2D eigenvalue weighted by molar-refractivity contribution is 7.80. The van der Waals surface area contributed by atoms with E-state index in [0.717, 1.165) is 12.5 Å². The molecule has 0 aromatic rings. The summed E-state index contributed by atoms with van der Waals surface area (Å²) in [6.45, 7) is 4.46. The molecule has 1 unspecified atom stereocenters. The second-order valence-electron chi connectivity index (χ2n) is 3.79. The van der Waals surface area contributed by atoms with Crippen molar-refractivity contribution in [3.8, 4) is 0 Å². The fourth-order valence-corrected chi connectivity index (χ4v) is 2.00. The summed E-state index contributed by atoms with van der Waals surface area (Å²) in [5, 5.41) is 0. The van der Waals surface area contributed by atoms with E-state index in [9.17, 15) is 0 Å². The minimum Gasteiger partial charge on any atom is -0.364 e. The molecule has 0 N–H and O–H groups in total. The van der Waals surface area contributed by atoms with Crippen LogP contribution in [-0.2, 0) is 4.74 Å². The Balaban J connectivity index is 2.01. The van der Waals surface area contributed by atoms with Gasteiger partial charge in [0.25, 0.3) is 0 Å². The van der Waals surface area contributed by atoms with Crippen LogP contribution < -0.4 is 0 Å². The molecule has 0 heterocycles. The Morgan fingerprint density at radius 3 is 2.69 bits per heavy atom. The minimum atomic E-state index is -0.0800. The fraction of sp³-hybridized carbons (Fsp3) is 0.818. The van der Waals surface area contributed by atoms with Crippen LogP contribution in [0.25, 0.3) is 0 Å². The van der Waals surface area contributed by atoms with Gasteiger partial charge in [0.1, 0.15) is 5.44 Å². The minimum absolute atomic E-state index is 0.0800. The molecule has 1 nitrogen and oxygen atoms in total. The summed E-state index contributed by atoms with van der Waals surface area (Å²) in [7, 11) is 0. The number of ether oxygens (including phenoxy) is 1. The Morgan fingerprint density at radius 1 is 1.38 bits per heavy atom. The lowest BCUT2D eigenvalue weighted by Gasteiger charge is -2.21. The lowest BCUT2D eigenvalue weighted by atomic mass is 9.87. The third-order valence-corrected chi connectivity index (χ3v) is 3.10. The van der Waals surface area contributed by atoms with Gasteiger partial charge in [-0.15, -0.1) is 12.6 Å². The first-order chi connectivity index (χ1) is 6.33. The number of hydrogen-bond acceptors (Lipinski definition) is 2. The molecular formula is C11H20OS. The molecular weight excluding hydrogens is 180 g/mol. The molecule has 0 spiro atoms. The maximum Gasteiger partial charge on any atom is 0.118 e. The highest BCUT2D eigenvalue weighted by Gasteiger charge is 2.12. The molecule has 1 aliphatic rings. The van der Waals surface area contributed by atoms with Gasteiger partial charge in [-0.3, -0.25) is 0 Å². The van der Waals surface area contributed by atoms with Crippen molar-refractivity contribution in [3.63, 3.8) is 0 Å². The van der Waals surface area contributed by atoms with Crippen molar-refractivity contribution in [3.05, 3.63) is 12.7 Å². The highest BCUT2D eigenvalue weighted by atomic mass is 32.1. The van der Waals surface area contributed by atoms with E-state index in [2.05, 4.69) is 19.2 Å². The molecule has 1 aliphatic carbocycles. The van der Waals surface area contributed by atoms with Crippen molar-refractivity contribution >= 4 is 12.6 Å². The van der Waals surface area contributed by atoms with Crippen molar-refractivity contribution in [2.45, 2.75) is 44.0 Å². The molecule has 0 radical (unpaired) electrons. The molecule has 0 saturated heterocycles. The largest absolute Gasteiger partial charge is 0.364 e. The van der Waals surface area contributed by atoms with Gasteiger partial charge in [0, 0.05) is 6.61 Å². The van der Waals surface area contributed by atoms with Crippen molar-refractivity contribution in [2.24, 2.45) is 5.92 Å². The van der Waals surface area contributed by atoms with E-state index in [1.165, 1.54) is 38.5 Å². The van der Waals surface area contributed by atoms with Gasteiger partial charge in [-0.1, -0.05) is 44.8 Å². The maximum absolute atomic E-state index is 5.44. The van der Waals surface area contributed by atoms with Crippen LogP contribution >= 0.6 is 12.6 Å². The topological polar surface area (TPSA) is 9.23 Å². The average Bonchev–Trinajstić information content (AvgIpc) is 2.19. The molecule has 1 atom stereocenters. The fourth-order valence-electron chi connectivity index (χ4n) is 1.90. The highest BCUT2D eigenvalue weighted by Crippen LogP contribution is 2.26. The second kappa shape index (κ2) is 6.50. The van der Waals surface area contributed by atoms with Crippen LogP contribution in [0.1, 0.15) is 38.5 Å². The van der Waals surface area contributed by atoms with Crippen molar-refractivity contribution in [2.75, 3.05) is 6.61 Å². The molecule has 0 aromatic carbocycles. The quantitative estimate of drug-likeness (QED) is 0.406. The van der Waals surface area contributed by atoms with E-state index >= 15 is 0 Å². The van der Waals surface area contributed by atoms with Crippen LogP contribution in [-0.4, -0.2) is 12.0 Å². The molecule has 76 valence electrons. The molecule has 0 bridgehead atoms. The first-order valence-corrected chi connectivity index (χ1v) is 5.77. The number of rotatable bonds is 5. The van der Waals surface area contributed by atoms with E-state index < -0.39 is 0 Å². The number of thiol groups is 1. The van der Waals surface area contributed by atoms with E-state index in [-0.39, 0.29) is 5.44 Å². The zero-order chi connectivity index (χ0) is 9.52. The predicted octanol–water partition coefficient (Wildman–Crippen LogP) is 3.42. The van der Waals surface area contributed by atoms with Gasteiger partial charge < -0.3 is 4.74 Å². The van der Waals surface area contributed by atoms with E-state index in [0.29, 0.717) is 0 Å². The van der Waals surface area contributed by atoms with Gasteiger partial charge in [0.05, 0.1) is 0 Å². The van der Waals surface area contributed by atoms with E-state index in [4.69, 9.17) is 4.74 Å². The standard InChI is InChI=1S/C11H20OS/c1-2-11(13)12-9-8-10-6-4-3-5-7-10/h2,10-11,13H,1,3-9H2. The first-order valence-electron chi connectivity index (χ1n) is 5.25. The molecule has 2 heteroatoms. The molecule has 1 saturated carbocycles.